The lowest BCUT2D eigenvalue weighted by atomic mass is 10.0. The van der Waals surface area contributed by atoms with Crippen LogP contribution in [0.15, 0.2) is 66.2 Å². The van der Waals surface area contributed by atoms with E-state index in [0.717, 1.165) is 21.6 Å². The third kappa shape index (κ3) is 5.26. The summed E-state index contributed by atoms with van der Waals surface area (Å²) in [5.41, 5.74) is 3.50. The molecule has 0 saturated carbocycles. The molecule has 4 amide bonds. The number of hydrogen-bond acceptors (Lipinski definition) is 5. The maximum Gasteiger partial charge on any atom is 0.335 e. The van der Waals surface area contributed by atoms with E-state index in [4.69, 9.17) is 21.1 Å². The monoisotopic (exact) mass is 504 g/mol. The van der Waals surface area contributed by atoms with Gasteiger partial charge in [0.05, 0.1) is 17.3 Å². The Morgan fingerprint density at radius 3 is 2.39 bits per heavy atom. The van der Waals surface area contributed by atoms with Gasteiger partial charge < -0.3 is 9.47 Å². The van der Waals surface area contributed by atoms with Crippen molar-refractivity contribution in [2.45, 2.75) is 27.4 Å². The molecule has 0 aromatic heterocycles. The lowest BCUT2D eigenvalue weighted by Crippen LogP contribution is -2.54. The summed E-state index contributed by atoms with van der Waals surface area (Å²) in [7, 11) is 0. The third-order valence-corrected chi connectivity index (χ3v) is 6.00. The fourth-order valence-corrected chi connectivity index (χ4v) is 4.00. The molecule has 1 saturated heterocycles. The Hall–Kier alpha value is -4.10. The molecule has 0 bridgehead atoms. The normalized spacial score (nSPS) is 14.7. The quantitative estimate of drug-likeness (QED) is 0.334. The number of imide groups is 2. The number of carbonyl (C=O) groups is 3. The van der Waals surface area contributed by atoms with Gasteiger partial charge in [-0.05, 0) is 73.4 Å². The standard InChI is InChI=1S/C28H25ClN2O5/c1-4-35-24-15-20(14-23(29)25(24)36-16-19-8-6-5-7-9-19)13-22-26(32)30-28(34)31(27(22)33)21-11-10-17(2)18(3)12-21/h5-15H,4,16H2,1-3H3,(H,30,32,34)/b22-13+. The van der Waals surface area contributed by atoms with E-state index < -0.39 is 17.8 Å². The fraction of sp³-hybridized carbons (Fsp3) is 0.179. The maximum atomic E-state index is 13.3. The highest BCUT2D eigenvalue weighted by Crippen LogP contribution is 2.38. The second-order valence-corrected chi connectivity index (χ2v) is 8.67. The summed E-state index contributed by atoms with van der Waals surface area (Å²) in [6.07, 6.45) is 1.38. The largest absolute Gasteiger partial charge is 0.490 e. The van der Waals surface area contributed by atoms with E-state index >= 15 is 0 Å². The highest BCUT2D eigenvalue weighted by atomic mass is 35.5. The second kappa shape index (κ2) is 10.7. The number of anilines is 1. The molecule has 0 unspecified atom stereocenters. The highest BCUT2D eigenvalue weighted by Gasteiger charge is 2.37. The first-order valence-electron chi connectivity index (χ1n) is 11.4. The predicted octanol–water partition coefficient (Wildman–Crippen LogP) is 5.60. The topological polar surface area (TPSA) is 84.9 Å². The summed E-state index contributed by atoms with van der Waals surface area (Å²) in [6, 6.07) is 17.2. The molecular weight excluding hydrogens is 480 g/mol. The third-order valence-electron chi connectivity index (χ3n) is 5.72. The molecule has 0 spiro atoms. The van der Waals surface area contributed by atoms with Gasteiger partial charge in [-0.2, -0.15) is 0 Å². The molecule has 1 fully saturated rings. The van der Waals surface area contributed by atoms with Crippen molar-refractivity contribution < 1.29 is 23.9 Å². The smallest absolute Gasteiger partial charge is 0.335 e. The number of nitrogens with zero attached hydrogens (tertiary/aromatic N) is 1. The molecule has 0 aliphatic carbocycles. The molecule has 36 heavy (non-hydrogen) atoms. The van der Waals surface area contributed by atoms with Crippen LogP contribution in [0.4, 0.5) is 10.5 Å². The maximum absolute atomic E-state index is 13.3. The molecule has 0 radical (unpaired) electrons. The van der Waals surface area contributed by atoms with Crippen LogP contribution in [0.2, 0.25) is 5.02 Å². The molecule has 7 nitrogen and oxygen atoms in total. The molecule has 1 heterocycles. The number of benzene rings is 3. The van der Waals surface area contributed by atoms with Crippen molar-refractivity contribution in [2.75, 3.05) is 11.5 Å². The van der Waals surface area contributed by atoms with Crippen LogP contribution in [0.1, 0.15) is 29.2 Å². The van der Waals surface area contributed by atoms with Crippen molar-refractivity contribution >= 4 is 41.2 Å². The van der Waals surface area contributed by atoms with E-state index in [1.54, 1.807) is 24.3 Å². The van der Waals surface area contributed by atoms with Crippen LogP contribution in [0, 0.1) is 13.8 Å². The van der Waals surface area contributed by atoms with Crippen LogP contribution in [-0.2, 0) is 16.2 Å². The molecule has 1 aliphatic rings. The number of ether oxygens (including phenoxy) is 2. The highest BCUT2D eigenvalue weighted by molar-refractivity contribution is 6.39. The van der Waals surface area contributed by atoms with Crippen LogP contribution >= 0.6 is 11.6 Å². The molecule has 1 N–H and O–H groups in total. The van der Waals surface area contributed by atoms with Crippen molar-refractivity contribution in [3.63, 3.8) is 0 Å². The summed E-state index contributed by atoms with van der Waals surface area (Å²) < 4.78 is 11.7. The van der Waals surface area contributed by atoms with E-state index in [1.165, 1.54) is 6.08 Å². The summed E-state index contributed by atoms with van der Waals surface area (Å²) in [5, 5.41) is 2.50. The number of hydrogen-bond donors (Lipinski definition) is 1. The van der Waals surface area contributed by atoms with Crippen molar-refractivity contribution in [3.05, 3.63) is 93.5 Å². The van der Waals surface area contributed by atoms with Gasteiger partial charge in [-0.3, -0.25) is 14.9 Å². The molecule has 184 valence electrons. The number of barbiturate groups is 1. The number of halogens is 1. The fourth-order valence-electron chi connectivity index (χ4n) is 3.73. The molecule has 3 aromatic carbocycles. The van der Waals surface area contributed by atoms with Crippen LogP contribution in [-0.4, -0.2) is 24.5 Å². The van der Waals surface area contributed by atoms with E-state index in [-0.39, 0.29) is 17.2 Å². The van der Waals surface area contributed by atoms with Gasteiger partial charge >= 0.3 is 6.03 Å². The number of carbonyl (C=O) groups excluding carboxylic acids is 3. The van der Waals surface area contributed by atoms with Gasteiger partial charge in [0, 0.05) is 0 Å². The Morgan fingerprint density at radius 2 is 1.69 bits per heavy atom. The first-order valence-corrected chi connectivity index (χ1v) is 11.8. The molecule has 0 atom stereocenters. The van der Waals surface area contributed by atoms with Gasteiger partial charge in [0.2, 0.25) is 0 Å². The van der Waals surface area contributed by atoms with E-state index in [0.29, 0.717) is 29.4 Å². The van der Waals surface area contributed by atoms with Crippen LogP contribution < -0.4 is 19.7 Å². The molecule has 1 aliphatic heterocycles. The van der Waals surface area contributed by atoms with Crippen LogP contribution in [0.25, 0.3) is 6.08 Å². The molecule has 3 aromatic rings. The Morgan fingerprint density at radius 1 is 0.944 bits per heavy atom. The van der Waals surface area contributed by atoms with Gasteiger partial charge in [0.15, 0.2) is 11.5 Å². The predicted molar refractivity (Wildman–Crippen MR) is 138 cm³/mol. The lowest BCUT2D eigenvalue weighted by molar-refractivity contribution is -0.122. The number of aryl methyl sites for hydroxylation is 2. The van der Waals surface area contributed by atoms with Gasteiger partial charge in [0.1, 0.15) is 12.2 Å². The van der Waals surface area contributed by atoms with Crippen molar-refractivity contribution in [2.24, 2.45) is 0 Å². The first-order chi connectivity index (χ1) is 17.3. The Labute approximate surface area is 214 Å². The number of urea groups is 1. The second-order valence-electron chi connectivity index (χ2n) is 8.26. The minimum Gasteiger partial charge on any atom is -0.490 e. The Balaban J connectivity index is 1.67. The molecule has 4 rings (SSSR count). The summed E-state index contributed by atoms with van der Waals surface area (Å²) in [6.45, 7) is 6.28. The zero-order valence-corrected chi connectivity index (χ0v) is 20.9. The van der Waals surface area contributed by atoms with Crippen LogP contribution in [0.5, 0.6) is 11.5 Å². The first kappa shape index (κ1) is 25.0. The summed E-state index contributed by atoms with van der Waals surface area (Å²) >= 11 is 6.52. The van der Waals surface area contributed by atoms with Gasteiger partial charge in [-0.15, -0.1) is 0 Å². The van der Waals surface area contributed by atoms with E-state index in [9.17, 15) is 14.4 Å². The van der Waals surface area contributed by atoms with Gasteiger partial charge in [0.25, 0.3) is 11.8 Å². The van der Waals surface area contributed by atoms with Crippen LogP contribution in [0.3, 0.4) is 0 Å². The number of rotatable bonds is 7. The van der Waals surface area contributed by atoms with Gasteiger partial charge in [-0.25, -0.2) is 9.69 Å². The zero-order valence-electron chi connectivity index (χ0n) is 20.1. The zero-order chi connectivity index (χ0) is 25.8. The minimum absolute atomic E-state index is 0.204. The summed E-state index contributed by atoms with van der Waals surface area (Å²) in [4.78, 5) is 39.3. The number of amides is 4. The van der Waals surface area contributed by atoms with Crippen molar-refractivity contribution in [1.82, 2.24) is 5.32 Å². The minimum atomic E-state index is -0.803. The molecular formula is C28H25ClN2O5. The summed E-state index contributed by atoms with van der Waals surface area (Å²) in [5.74, 6) is -0.788. The van der Waals surface area contributed by atoms with E-state index in [1.807, 2.05) is 57.2 Å². The van der Waals surface area contributed by atoms with Crippen molar-refractivity contribution in [3.8, 4) is 11.5 Å². The van der Waals surface area contributed by atoms with Gasteiger partial charge in [-0.1, -0.05) is 48.0 Å². The molecule has 8 heteroatoms. The Kier molecular flexibility index (Phi) is 7.41. The Bertz CT molecular complexity index is 1370. The average molecular weight is 505 g/mol. The SMILES string of the molecule is CCOc1cc(/C=C2\C(=O)NC(=O)N(c3ccc(C)c(C)c3)C2=O)cc(Cl)c1OCc1ccccc1. The number of nitrogens with one attached hydrogen (secondary N) is 1. The van der Waals surface area contributed by atoms with Crippen molar-refractivity contribution in [1.29, 1.82) is 0 Å². The average Bonchev–Trinajstić information content (AvgIpc) is 2.84. The lowest BCUT2D eigenvalue weighted by Gasteiger charge is -2.27. The van der Waals surface area contributed by atoms with E-state index in [2.05, 4.69) is 5.32 Å².